The Morgan fingerprint density at radius 1 is 1.14 bits per heavy atom. The Hall–Kier alpha value is -2.96. The van der Waals surface area contributed by atoms with E-state index in [-0.39, 0.29) is 11.4 Å². The second kappa shape index (κ2) is 6.66. The summed E-state index contributed by atoms with van der Waals surface area (Å²) < 4.78 is 0. The molecule has 7 nitrogen and oxygen atoms in total. The number of carbonyl (C=O) groups is 2. The first-order valence-corrected chi connectivity index (χ1v) is 6.67. The maximum atomic E-state index is 11.9. The second-order valence-electron chi connectivity index (χ2n) is 4.51. The zero-order valence-electron chi connectivity index (χ0n) is 11.9. The molecule has 1 amide bonds. The van der Waals surface area contributed by atoms with Gasteiger partial charge in [0.2, 0.25) is 0 Å². The number of aryl methyl sites for hydroxylation is 1. The number of rotatable bonds is 5. The van der Waals surface area contributed by atoms with E-state index in [0.29, 0.717) is 11.4 Å². The van der Waals surface area contributed by atoms with Gasteiger partial charge in [0.1, 0.15) is 12.3 Å². The molecular formula is C15H15N3O4. The minimum atomic E-state index is -1.18. The molecule has 0 aliphatic rings. The Kier molecular flexibility index (Phi) is 4.67. The van der Waals surface area contributed by atoms with E-state index in [2.05, 4.69) is 15.3 Å². The van der Waals surface area contributed by atoms with Crippen molar-refractivity contribution >= 4 is 11.9 Å². The molecule has 0 saturated carbocycles. The van der Waals surface area contributed by atoms with E-state index in [4.69, 9.17) is 5.11 Å². The van der Waals surface area contributed by atoms with E-state index in [0.717, 1.165) is 12.1 Å². The average Bonchev–Trinajstić information content (AvgIpc) is 2.53. The molecule has 0 saturated heterocycles. The third kappa shape index (κ3) is 3.57. The average molecular weight is 301 g/mol. The summed E-state index contributed by atoms with van der Waals surface area (Å²) in [4.78, 5) is 30.8. The summed E-state index contributed by atoms with van der Waals surface area (Å²) in [5.74, 6) is -2.26. The van der Waals surface area contributed by atoms with Gasteiger partial charge in [0.15, 0.2) is 5.69 Å². The lowest BCUT2D eigenvalue weighted by Gasteiger charge is -2.07. The number of carboxylic acids is 1. The number of aliphatic carboxylic acids is 1. The summed E-state index contributed by atoms with van der Waals surface area (Å²) in [7, 11) is 0. The van der Waals surface area contributed by atoms with Crippen molar-refractivity contribution in [2.24, 2.45) is 0 Å². The number of nitrogens with one attached hydrogen (secondary N) is 1. The highest BCUT2D eigenvalue weighted by atomic mass is 16.4. The van der Waals surface area contributed by atoms with Crippen molar-refractivity contribution in [1.82, 2.24) is 15.3 Å². The molecule has 0 spiro atoms. The lowest BCUT2D eigenvalue weighted by Crippen LogP contribution is -2.30. The topological polar surface area (TPSA) is 112 Å². The molecule has 0 atom stereocenters. The number of amides is 1. The monoisotopic (exact) mass is 301 g/mol. The van der Waals surface area contributed by atoms with Crippen molar-refractivity contribution < 1.29 is 19.8 Å². The molecular weight excluding hydrogens is 286 g/mol. The van der Waals surface area contributed by atoms with Crippen LogP contribution < -0.4 is 5.32 Å². The van der Waals surface area contributed by atoms with Gasteiger partial charge in [-0.1, -0.05) is 13.0 Å². The molecule has 2 rings (SSSR count). The molecule has 0 unspecified atom stereocenters. The molecule has 114 valence electrons. The summed E-state index contributed by atoms with van der Waals surface area (Å²) in [6.45, 7) is 1.43. The normalized spacial score (nSPS) is 10.2. The van der Waals surface area contributed by atoms with Gasteiger partial charge in [-0.3, -0.25) is 14.6 Å². The zero-order chi connectivity index (χ0) is 16.1. The number of nitrogens with zero attached hydrogens (tertiary/aromatic N) is 2. The Morgan fingerprint density at radius 3 is 2.55 bits per heavy atom. The molecule has 3 N–H and O–H groups in total. The summed E-state index contributed by atoms with van der Waals surface area (Å²) >= 11 is 0. The van der Waals surface area contributed by atoms with Crippen molar-refractivity contribution in [2.45, 2.75) is 13.3 Å². The van der Waals surface area contributed by atoms with Gasteiger partial charge in [-0.2, -0.15) is 0 Å². The smallest absolute Gasteiger partial charge is 0.322 e. The molecule has 0 fully saturated rings. The second-order valence-corrected chi connectivity index (χ2v) is 4.51. The highest BCUT2D eigenvalue weighted by Crippen LogP contribution is 2.21. The molecule has 22 heavy (non-hydrogen) atoms. The predicted octanol–water partition coefficient (Wildman–Crippen LogP) is 1.23. The first-order valence-electron chi connectivity index (χ1n) is 6.67. The molecule has 2 aromatic rings. The SMILES string of the molecule is CCc1cccc(-c2ccc(O)c(C(=O)NCC(=O)O)n2)n1. The fraction of sp³-hybridized carbons (Fsp3) is 0.200. The van der Waals surface area contributed by atoms with Gasteiger partial charge >= 0.3 is 5.97 Å². The molecule has 0 aliphatic heterocycles. The van der Waals surface area contributed by atoms with Crippen molar-refractivity contribution in [1.29, 1.82) is 0 Å². The van der Waals surface area contributed by atoms with Crippen LogP contribution in [0.25, 0.3) is 11.4 Å². The van der Waals surface area contributed by atoms with Gasteiger partial charge in [0.05, 0.1) is 11.4 Å². The summed E-state index contributed by atoms with van der Waals surface area (Å²) in [6, 6.07) is 8.34. The lowest BCUT2D eigenvalue weighted by atomic mass is 10.2. The van der Waals surface area contributed by atoms with Crippen molar-refractivity contribution in [3.05, 3.63) is 41.7 Å². The fourth-order valence-corrected chi connectivity index (χ4v) is 1.82. The van der Waals surface area contributed by atoms with Crippen LogP contribution in [0.2, 0.25) is 0 Å². The quantitative estimate of drug-likeness (QED) is 0.765. The molecule has 2 heterocycles. The van der Waals surface area contributed by atoms with Crippen LogP contribution in [-0.2, 0) is 11.2 Å². The third-order valence-corrected chi connectivity index (χ3v) is 2.92. The van der Waals surface area contributed by atoms with Gasteiger partial charge in [0.25, 0.3) is 5.91 Å². The first-order chi connectivity index (χ1) is 10.5. The Labute approximate surface area is 126 Å². The minimum Gasteiger partial charge on any atom is -0.505 e. The van der Waals surface area contributed by atoms with Crippen molar-refractivity contribution in [3.63, 3.8) is 0 Å². The number of carbonyl (C=O) groups excluding carboxylic acids is 1. The van der Waals surface area contributed by atoms with Crippen LogP contribution in [0.1, 0.15) is 23.1 Å². The number of hydrogen-bond acceptors (Lipinski definition) is 5. The Morgan fingerprint density at radius 2 is 1.86 bits per heavy atom. The Balaban J connectivity index is 2.33. The van der Waals surface area contributed by atoms with E-state index < -0.39 is 18.4 Å². The van der Waals surface area contributed by atoms with E-state index in [9.17, 15) is 14.7 Å². The highest BCUT2D eigenvalue weighted by Gasteiger charge is 2.15. The number of pyridine rings is 2. The molecule has 0 aliphatic carbocycles. The van der Waals surface area contributed by atoms with Gasteiger partial charge < -0.3 is 15.5 Å². The van der Waals surface area contributed by atoms with Crippen LogP contribution in [0.3, 0.4) is 0 Å². The van der Waals surface area contributed by atoms with Crippen molar-refractivity contribution in [2.75, 3.05) is 6.54 Å². The van der Waals surface area contributed by atoms with Crippen molar-refractivity contribution in [3.8, 4) is 17.1 Å². The standard InChI is InChI=1S/C15H15N3O4/c1-2-9-4-3-5-10(17-9)11-6-7-12(19)14(18-11)15(22)16-8-13(20)21/h3-7,19H,2,8H2,1H3,(H,16,22)(H,20,21). The first kappa shape index (κ1) is 15.4. The summed E-state index contributed by atoms with van der Waals surface area (Å²) in [5.41, 5.74) is 1.65. The van der Waals surface area contributed by atoms with E-state index in [1.807, 2.05) is 19.1 Å². The Bertz CT molecular complexity index is 716. The van der Waals surface area contributed by atoms with Crippen LogP contribution in [0, 0.1) is 0 Å². The lowest BCUT2D eigenvalue weighted by molar-refractivity contribution is -0.135. The zero-order valence-corrected chi connectivity index (χ0v) is 11.9. The number of hydrogen-bond donors (Lipinski definition) is 3. The van der Waals surface area contributed by atoms with Crippen LogP contribution in [0.5, 0.6) is 5.75 Å². The van der Waals surface area contributed by atoms with E-state index in [1.165, 1.54) is 6.07 Å². The molecule has 2 aromatic heterocycles. The summed E-state index contributed by atoms with van der Waals surface area (Å²) in [5, 5.41) is 20.4. The van der Waals surface area contributed by atoms with Crippen LogP contribution >= 0.6 is 0 Å². The van der Waals surface area contributed by atoms with Gasteiger partial charge in [-0.25, -0.2) is 4.98 Å². The molecule has 0 bridgehead atoms. The number of aromatic nitrogens is 2. The fourth-order valence-electron chi connectivity index (χ4n) is 1.82. The van der Waals surface area contributed by atoms with Gasteiger partial charge in [0, 0.05) is 5.69 Å². The third-order valence-electron chi connectivity index (χ3n) is 2.92. The molecule has 0 radical (unpaired) electrons. The van der Waals surface area contributed by atoms with E-state index >= 15 is 0 Å². The van der Waals surface area contributed by atoms with Crippen LogP contribution in [0.4, 0.5) is 0 Å². The van der Waals surface area contributed by atoms with Crippen LogP contribution in [-0.4, -0.2) is 38.6 Å². The minimum absolute atomic E-state index is 0.234. The summed E-state index contributed by atoms with van der Waals surface area (Å²) in [6.07, 6.45) is 0.762. The number of aromatic hydroxyl groups is 1. The van der Waals surface area contributed by atoms with E-state index in [1.54, 1.807) is 12.1 Å². The largest absolute Gasteiger partial charge is 0.505 e. The molecule has 0 aromatic carbocycles. The van der Waals surface area contributed by atoms with Gasteiger partial charge in [-0.15, -0.1) is 0 Å². The molecule has 7 heteroatoms. The maximum Gasteiger partial charge on any atom is 0.322 e. The predicted molar refractivity (Wildman–Crippen MR) is 78.5 cm³/mol. The van der Waals surface area contributed by atoms with Gasteiger partial charge in [-0.05, 0) is 30.7 Å². The number of carboxylic acid groups (broad SMARTS) is 1. The van der Waals surface area contributed by atoms with Crippen LogP contribution in [0.15, 0.2) is 30.3 Å². The highest BCUT2D eigenvalue weighted by molar-refractivity contribution is 5.96. The maximum absolute atomic E-state index is 11.9.